The zero-order chi connectivity index (χ0) is 12.3. The fourth-order valence-electron chi connectivity index (χ4n) is 1.65. The average molecular weight is 227 g/mol. The van der Waals surface area contributed by atoms with Gasteiger partial charge in [-0.2, -0.15) is 0 Å². The molecule has 16 heavy (non-hydrogen) atoms. The predicted octanol–water partition coefficient (Wildman–Crippen LogP) is 1.03. The Balaban J connectivity index is 3.30. The molecule has 5 heteroatoms. The number of hydrogen-bond acceptors (Lipinski definition) is 3. The number of hydrogen-bond donors (Lipinski definition) is 3. The van der Waals surface area contributed by atoms with Gasteiger partial charge in [0.15, 0.2) is 0 Å². The van der Waals surface area contributed by atoms with Gasteiger partial charge in [-0.05, 0) is 24.6 Å². The maximum absolute atomic E-state index is 13.5. The molecule has 88 valence electrons. The van der Waals surface area contributed by atoms with Crippen LogP contribution >= 0.6 is 0 Å². The van der Waals surface area contributed by atoms with Gasteiger partial charge in [0.05, 0.1) is 0 Å². The number of benzene rings is 1. The van der Waals surface area contributed by atoms with Crippen LogP contribution in [0.5, 0.6) is 5.75 Å². The van der Waals surface area contributed by atoms with Crippen LogP contribution in [-0.4, -0.2) is 28.9 Å². The highest BCUT2D eigenvalue weighted by Crippen LogP contribution is 2.30. The first-order valence-corrected chi connectivity index (χ1v) is 4.82. The molecule has 0 spiro atoms. The molecule has 4 nitrogen and oxygen atoms in total. The Bertz CT molecular complexity index is 377. The third-order valence-electron chi connectivity index (χ3n) is 2.77. The quantitative estimate of drug-likeness (QED) is 0.717. The lowest BCUT2D eigenvalue weighted by Gasteiger charge is -2.29. The number of rotatable bonds is 4. The van der Waals surface area contributed by atoms with Gasteiger partial charge in [-0.25, -0.2) is 4.39 Å². The number of nitrogens with two attached hydrogens (primary N) is 1. The lowest BCUT2D eigenvalue weighted by atomic mass is 9.77. The molecule has 0 saturated heterocycles. The smallest absolute Gasteiger partial charge is 0.318 e. The van der Waals surface area contributed by atoms with Crippen molar-refractivity contribution in [3.05, 3.63) is 29.8 Å². The predicted molar refractivity (Wildman–Crippen MR) is 57.0 cm³/mol. The molecule has 4 N–H and O–H groups in total. The van der Waals surface area contributed by atoms with E-state index in [1.54, 1.807) is 0 Å². The van der Waals surface area contributed by atoms with Crippen molar-refractivity contribution < 1.29 is 19.4 Å². The lowest BCUT2D eigenvalue weighted by Crippen LogP contribution is -2.49. The van der Waals surface area contributed by atoms with E-state index in [1.165, 1.54) is 24.3 Å². The Morgan fingerprint density at radius 2 is 2.00 bits per heavy atom. The molecule has 0 amide bonds. The molecule has 1 aromatic carbocycles. The summed E-state index contributed by atoms with van der Waals surface area (Å²) < 4.78 is 13.5. The van der Waals surface area contributed by atoms with Crippen LogP contribution < -0.4 is 5.73 Å². The first-order valence-electron chi connectivity index (χ1n) is 4.82. The summed E-state index contributed by atoms with van der Waals surface area (Å²) >= 11 is 0. The van der Waals surface area contributed by atoms with Crippen LogP contribution in [0, 0.1) is 0 Å². The van der Waals surface area contributed by atoms with Gasteiger partial charge in [-0.15, -0.1) is 0 Å². The number of aromatic hydroxyl groups is 1. The minimum atomic E-state index is -1.76. The van der Waals surface area contributed by atoms with E-state index in [0.29, 0.717) is 0 Å². The summed E-state index contributed by atoms with van der Waals surface area (Å²) in [5.41, 5.74) is 3.89. The molecule has 1 rings (SSSR count). The SMILES string of the molecule is CC(F)C(CN)(C(=O)O)c1ccc(O)cc1. The number of halogens is 1. The molecular formula is C11H14FNO3. The minimum absolute atomic E-state index is 0.00780. The summed E-state index contributed by atoms with van der Waals surface area (Å²) in [4.78, 5) is 11.2. The summed E-state index contributed by atoms with van der Waals surface area (Å²) in [5.74, 6) is -1.32. The van der Waals surface area contributed by atoms with Gasteiger partial charge < -0.3 is 15.9 Å². The van der Waals surface area contributed by atoms with E-state index in [2.05, 4.69) is 0 Å². The van der Waals surface area contributed by atoms with Gasteiger partial charge in [0.1, 0.15) is 17.3 Å². The highest BCUT2D eigenvalue weighted by Gasteiger charge is 2.45. The summed E-state index contributed by atoms with van der Waals surface area (Å²) in [6.07, 6.45) is -1.63. The van der Waals surface area contributed by atoms with Crippen LogP contribution in [0.1, 0.15) is 12.5 Å². The Labute approximate surface area is 92.5 Å². The second kappa shape index (κ2) is 4.49. The molecule has 1 aromatic rings. The van der Waals surface area contributed by atoms with Crippen molar-refractivity contribution in [1.29, 1.82) is 0 Å². The van der Waals surface area contributed by atoms with Gasteiger partial charge in [0.25, 0.3) is 0 Å². The topological polar surface area (TPSA) is 83.6 Å². The van der Waals surface area contributed by atoms with Crippen LogP contribution in [0.2, 0.25) is 0 Å². The maximum Gasteiger partial charge on any atom is 0.318 e. The van der Waals surface area contributed by atoms with Crippen LogP contribution in [-0.2, 0) is 10.2 Å². The lowest BCUT2D eigenvalue weighted by molar-refractivity contribution is -0.146. The van der Waals surface area contributed by atoms with Crippen molar-refractivity contribution in [3.63, 3.8) is 0 Å². The molecular weight excluding hydrogens is 213 g/mol. The first kappa shape index (κ1) is 12.4. The Hall–Kier alpha value is -1.62. The summed E-state index contributed by atoms with van der Waals surface area (Å²) in [5, 5.41) is 18.2. The number of phenolic OH excluding ortho intramolecular Hbond substituents is 1. The second-order valence-corrected chi connectivity index (χ2v) is 3.64. The molecule has 0 aliphatic heterocycles. The molecule has 0 heterocycles. The number of alkyl halides is 1. The third-order valence-corrected chi connectivity index (χ3v) is 2.77. The van der Waals surface area contributed by atoms with Crippen molar-refractivity contribution in [2.75, 3.05) is 6.54 Å². The van der Waals surface area contributed by atoms with Gasteiger partial charge in [0.2, 0.25) is 0 Å². The Morgan fingerprint density at radius 3 is 2.31 bits per heavy atom. The number of carbonyl (C=O) groups is 1. The van der Waals surface area contributed by atoms with Crippen molar-refractivity contribution in [2.24, 2.45) is 5.73 Å². The van der Waals surface area contributed by atoms with E-state index in [1.807, 2.05) is 0 Å². The number of carboxylic acids is 1. The minimum Gasteiger partial charge on any atom is -0.508 e. The van der Waals surface area contributed by atoms with E-state index in [9.17, 15) is 9.18 Å². The van der Waals surface area contributed by atoms with Crippen LogP contribution in [0.3, 0.4) is 0 Å². The summed E-state index contributed by atoms with van der Waals surface area (Å²) in [6, 6.07) is 5.36. The first-order chi connectivity index (χ1) is 7.45. The maximum atomic E-state index is 13.5. The van der Waals surface area contributed by atoms with Gasteiger partial charge in [-0.1, -0.05) is 12.1 Å². The second-order valence-electron chi connectivity index (χ2n) is 3.64. The zero-order valence-electron chi connectivity index (χ0n) is 8.85. The van der Waals surface area contributed by atoms with Gasteiger partial charge in [0, 0.05) is 6.54 Å². The van der Waals surface area contributed by atoms with E-state index in [4.69, 9.17) is 15.9 Å². The fourth-order valence-corrected chi connectivity index (χ4v) is 1.65. The van der Waals surface area contributed by atoms with E-state index in [-0.39, 0.29) is 17.9 Å². The molecule has 2 unspecified atom stereocenters. The highest BCUT2D eigenvalue weighted by molar-refractivity contribution is 5.82. The van der Waals surface area contributed by atoms with Gasteiger partial charge >= 0.3 is 5.97 Å². The fraction of sp³-hybridized carbons (Fsp3) is 0.364. The monoisotopic (exact) mass is 227 g/mol. The van der Waals surface area contributed by atoms with Crippen molar-refractivity contribution >= 4 is 5.97 Å². The van der Waals surface area contributed by atoms with Gasteiger partial charge in [-0.3, -0.25) is 4.79 Å². The number of phenols is 1. The molecule has 0 aliphatic carbocycles. The number of aliphatic carboxylic acids is 1. The molecule has 0 aliphatic rings. The molecule has 2 atom stereocenters. The van der Waals surface area contributed by atoms with Crippen LogP contribution in [0.15, 0.2) is 24.3 Å². The van der Waals surface area contributed by atoms with Crippen molar-refractivity contribution in [2.45, 2.75) is 18.5 Å². The molecule has 0 saturated carbocycles. The van der Waals surface area contributed by atoms with E-state index < -0.39 is 17.6 Å². The largest absolute Gasteiger partial charge is 0.508 e. The molecule has 0 radical (unpaired) electrons. The standard InChI is InChI=1S/C11H14FNO3/c1-7(12)11(6-13,10(15)16)8-2-4-9(14)5-3-8/h2-5,7,14H,6,13H2,1H3,(H,15,16). The molecule has 0 aromatic heterocycles. The zero-order valence-corrected chi connectivity index (χ0v) is 8.85. The summed E-state index contributed by atoms with van der Waals surface area (Å²) in [7, 11) is 0. The van der Waals surface area contributed by atoms with Crippen molar-refractivity contribution in [3.8, 4) is 5.75 Å². The van der Waals surface area contributed by atoms with Crippen LogP contribution in [0.4, 0.5) is 4.39 Å². The Kier molecular flexibility index (Phi) is 3.49. The Morgan fingerprint density at radius 1 is 1.50 bits per heavy atom. The summed E-state index contributed by atoms with van der Waals surface area (Å²) in [6.45, 7) is 0.818. The number of carboxylic acid groups (broad SMARTS) is 1. The van der Waals surface area contributed by atoms with E-state index in [0.717, 1.165) is 6.92 Å². The average Bonchev–Trinajstić information content (AvgIpc) is 2.21. The molecule has 0 fully saturated rings. The van der Waals surface area contributed by atoms with Crippen LogP contribution in [0.25, 0.3) is 0 Å². The van der Waals surface area contributed by atoms with Crippen molar-refractivity contribution in [1.82, 2.24) is 0 Å². The highest BCUT2D eigenvalue weighted by atomic mass is 19.1. The normalized spacial score (nSPS) is 16.4. The van der Waals surface area contributed by atoms with E-state index >= 15 is 0 Å². The molecule has 0 bridgehead atoms. The third kappa shape index (κ3) is 1.86.